The van der Waals surface area contributed by atoms with Gasteiger partial charge in [-0.3, -0.25) is 4.90 Å². The fourth-order valence-electron chi connectivity index (χ4n) is 1.95. The summed E-state index contributed by atoms with van der Waals surface area (Å²) < 4.78 is 6.10. The van der Waals surface area contributed by atoms with Crippen LogP contribution in [0.4, 0.5) is 5.82 Å². The number of halogens is 2. The standard InChI is InChI=1S/C13H18BrClN4OS/c1-9-11(15)8-10(14)12(17-9)18-13(21)16-2-3-19-4-6-20-7-5-19/h8H,2-7H2,1H3,(H2,16,17,18,21). The van der Waals surface area contributed by atoms with Crippen molar-refractivity contribution >= 4 is 50.7 Å². The SMILES string of the molecule is Cc1nc(NC(=S)NCCN2CCOCC2)c(Br)cc1Cl. The second-order valence-corrected chi connectivity index (χ2v) is 6.39. The van der Waals surface area contributed by atoms with Crippen molar-refractivity contribution in [3.63, 3.8) is 0 Å². The van der Waals surface area contributed by atoms with Gasteiger partial charge in [0.2, 0.25) is 0 Å². The molecule has 0 saturated carbocycles. The van der Waals surface area contributed by atoms with Crippen LogP contribution >= 0.6 is 39.7 Å². The number of hydrogen-bond acceptors (Lipinski definition) is 4. The van der Waals surface area contributed by atoms with E-state index in [9.17, 15) is 0 Å². The Morgan fingerprint density at radius 2 is 2.24 bits per heavy atom. The molecule has 1 aromatic heterocycles. The third-order valence-electron chi connectivity index (χ3n) is 3.15. The second-order valence-electron chi connectivity index (χ2n) is 4.72. The quantitative estimate of drug-likeness (QED) is 0.766. The highest BCUT2D eigenvalue weighted by Crippen LogP contribution is 2.25. The van der Waals surface area contributed by atoms with Crippen molar-refractivity contribution in [3.05, 3.63) is 21.3 Å². The van der Waals surface area contributed by atoms with E-state index >= 15 is 0 Å². The fourth-order valence-corrected chi connectivity index (χ4v) is 2.85. The van der Waals surface area contributed by atoms with Crippen molar-refractivity contribution in [2.24, 2.45) is 0 Å². The topological polar surface area (TPSA) is 49.4 Å². The Labute approximate surface area is 143 Å². The highest BCUT2D eigenvalue weighted by Gasteiger charge is 2.10. The van der Waals surface area contributed by atoms with Gasteiger partial charge in [0.15, 0.2) is 5.11 Å². The van der Waals surface area contributed by atoms with Crippen LogP contribution < -0.4 is 10.6 Å². The summed E-state index contributed by atoms with van der Waals surface area (Å²) in [6.07, 6.45) is 0. The van der Waals surface area contributed by atoms with E-state index in [1.54, 1.807) is 0 Å². The van der Waals surface area contributed by atoms with Crippen LogP contribution in [0.5, 0.6) is 0 Å². The maximum atomic E-state index is 6.01. The molecule has 0 bridgehead atoms. The van der Waals surface area contributed by atoms with Gasteiger partial charge >= 0.3 is 0 Å². The molecule has 0 spiro atoms. The maximum absolute atomic E-state index is 6.01. The number of nitrogens with one attached hydrogen (secondary N) is 2. The van der Waals surface area contributed by atoms with E-state index in [-0.39, 0.29) is 0 Å². The molecule has 0 atom stereocenters. The molecule has 1 saturated heterocycles. The van der Waals surface area contributed by atoms with Gasteiger partial charge in [0.1, 0.15) is 5.82 Å². The normalized spacial score (nSPS) is 15.8. The van der Waals surface area contributed by atoms with Gasteiger partial charge in [-0.15, -0.1) is 0 Å². The Balaban J connectivity index is 1.77. The molecule has 21 heavy (non-hydrogen) atoms. The summed E-state index contributed by atoms with van der Waals surface area (Å²) in [6, 6.07) is 1.81. The van der Waals surface area contributed by atoms with Gasteiger partial charge in [0.25, 0.3) is 0 Å². The molecule has 5 nitrogen and oxygen atoms in total. The zero-order valence-electron chi connectivity index (χ0n) is 11.8. The van der Waals surface area contributed by atoms with Gasteiger partial charge in [-0.2, -0.15) is 0 Å². The first-order chi connectivity index (χ1) is 10.1. The van der Waals surface area contributed by atoms with E-state index in [4.69, 9.17) is 28.6 Å². The molecule has 2 heterocycles. The Kier molecular flexibility index (Phi) is 6.63. The maximum Gasteiger partial charge on any atom is 0.172 e. The minimum Gasteiger partial charge on any atom is -0.379 e. The number of anilines is 1. The molecule has 0 aromatic carbocycles. The van der Waals surface area contributed by atoms with Crippen molar-refractivity contribution in [3.8, 4) is 0 Å². The number of rotatable bonds is 4. The van der Waals surface area contributed by atoms with Crippen LogP contribution in [0, 0.1) is 6.92 Å². The van der Waals surface area contributed by atoms with E-state index in [0.717, 1.165) is 49.6 Å². The van der Waals surface area contributed by atoms with E-state index in [0.29, 0.717) is 16.0 Å². The molecule has 0 amide bonds. The smallest absolute Gasteiger partial charge is 0.172 e. The summed E-state index contributed by atoms with van der Waals surface area (Å²) in [5, 5.41) is 7.44. The number of pyridine rings is 1. The minimum atomic E-state index is 0.554. The van der Waals surface area contributed by atoms with Gasteiger partial charge in [-0.05, 0) is 41.1 Å². The highest BCUT2D eigenvalue weighted by molar-refractivity contribution is 9.10. The number of thiocarbonyl (C=S) groups is 1. The van der Waals surface area contributed by atoms with Crippen molar-refractivity contribution in [1.82, 2.24) is 15.2 Å². The van der Waals surface area contributed by atoms with Crippen molar-refractivity contribution in [2.75, 3.05) is 44.7 Å². The molecule has 1 aliphatic rings. The van der Waals surface area contributed by atoms with Crippen LogP contribution in [0.3, 0.4) is 0 Å². The van der Waals surface area contributed by atoms with E-state index in [1.165, 1.54) is 0 Å². The van der Waals surface area contributed by atoms with Gasteiger partial charge in [0.05, 0.1) is 28.4 Å². The summed E-state index contributed by atoms with van der Waals surface area (Å²) in [5.74, 6) is 0.667. The molecule has 1 aromatic rings. The zero-order chi connectivity index (χ0) is 15.2. The number of morpholine rings is 1. The van der Waals surface area contributed by atoms with Crippen molar-refractivity contribution in [1.29, 1.82) is 0 Å². The molecule has 0 radical (unpaired) electrons. The first-order valence-electron chi connectivity index (χ1n) is 6.74. The van der Waals surface area contributed by atoms with Crippen molar-refractivity contribution < 1.29 is 4.74 Å². The van der Waals surface area contributed by atoms with E-state index in [1.807, 2.05) is 13.0 Å². The first kappa shape index (κ1) is 16.9. The number of nitrogens with zero attached hydrogens (tertiary/aromatic N) is 2. The van der Waals surface area contributed by atoms with Gasteiger partial charge in [0, 0.05) is 26.2 Å². The van der Waals surface area contributed by atoms with Gasteiger partial charge < -0.3 is 15.4 Å². The molecule has 0 unspecified atom stereocenters. The number of ether oxygens (including phenoxy) is 1. The lowest BCUT2D eigenvalue weighted by Crippen LogP contribution is -2.42. The summed E-state index contributed by atoms with van der Waals surface area (Å²) in [5.41, 5.74) is 0.762. The third kappa shape index (κ3) is 5.34. The Morgan fingerprint density at radius 3 is 2.95 bits per heavy atom. The monoisotopic (exact) mass is 392 g/mol. The van der Waals surface area contributed by atoms with Crippen LogP contribution in [0.2, 0.25) is 5.02 Å². The van der Waals surface area contributed by atoms with Crippen LogP contribution in [-0.4, -0.2) is 54.4 Å². The van der Waals surface area contributed by atoms with Crippen LogP contribution in [0.15, 0.2) is 10.5 Å². The largest absolute Gasteiger partial charge is 0.379 e. The average Bonchev–Trinajstić information content (AvgIpc) is 2.46. The molecular formula is C13H18BrClN4OS. The summed E-state index contributed by atoms with van der Waals surface area (Å²) in [6.45, 7) is 7.16. The molecule has 2 N–H and O–H groups in total. The third-order valence-corrected chi connectivity index (χ3v) is 4.39. The Bertz CT molecular complexity index is 511. The number of aromatic nitrogens is 1. The molecule has 2 rings (SSSR count). The van der Waals surface area contributed by atoms with Crippen LogP contribution in [0.25, 0.3) is 0 Å². The lowest BCUT2D eigenvalue weighted by atomic mass is 10.3. The highest BCUT2D eigenvalue weighted by atomic mass is 79.9. The lowest BCUT2D eigenvalue weighted by molar-refractivity contribution is 0.0389. The zero-order valence-corrected chi connectivity index (χ0v) is 14.9. The van der Waals surface area contributed by atoms with Crippen LogP contribution in [-0.2, 0) is 4.74 Å². The molecule has 8 heteroatoms. The predicted octanol–water partition coefficient (Wildman–Crippen LogP) is 2.42. The van der Waals surface area contributed by atoms with Gasteiger partial charge in [-0.25, -0.2) is 4.98 Å². The summed E-state index contributed by atoms with van der Waals surface area (Å²) in [7, 11) is 0. The molecule has 116 valence electrons. The Morgan fingerprint density at radius 1 is 1.52 bits per heavy atom. The summed E-state index contributed by atoms with van der Waals surface area (Å²) >= 11 is 14.7. The number of hydrogen-bond donors (Lipinski definition) is 2. The van der Waals surface area contributed by atoms with E-state index < -0.39 is 0 Å². The average molecular weight is 394 g/mol. The van der Waals surface area contributed by atoms with Crippen molar-refractivity contribution in [2.45, 2.75) is 6.92 Å². The minimum absolute atomic E-state index is 0.554. The fraction of sp³-hybridized carbons (Fsp3) is 0.538. The Hall–Kier alpha value is -0.470. The molecule has 1 fully saturated rings. The van der Waals surface area contributed by atoms with Crippen LogP contribution in [0.1, 0.15) is 5.69 Å². The first-order valence-corrected chi connectivity index (χ1v) is 8.32. The molecule has 1 aliphatic heterocycles. The van der Waals surface area contributed by atoms with Gasteiger partial charge in [-0.1, -0.05) is 11.6 Å². The molecule has 0 aliphatic carbocycles. The van der Waals surface area contributed by atoms with E-state index in [2.05, 4.69) is 36.4 Å². The molecular weight excluding hydrogens is 376 g/mol. The summed E-state index contributed by atoms with van der Waals surface area (Å²) in [4.78, 5) is 6.71. The number of aryl methyl sites for hydroxylation is 1. The predicted molar refractivity (Wildman–Crippen MR) is 93.2 cm³/mol. The lowest BCUT2D eigenvalue weighted by Gasteiger charge is -2.26. The second kappa shape index (κ2) is 8.24.